The zero-order valence-corrected chi connectivity index (χ0v) is 53.3. The standard InChI is InChI=1S/C46H31N3.C43H25N3S/c1-46(2)41-18-9-8-15-38(41)39-16-10-17-40(42(39)46)45-48-43(29-12-4-3-5-13-29)47-44(49-45)31-21-22-33-30(27-31)20-24-37-35(33)26-25-34-32-14-7-6-11-28(32)19-23-36(34)37;1-2-10-27(11-3-1)41-44-42(46-43(45-41)38-15-8-14-37-36-13-6-7-16-39(36)47-40(37)38)29-19-20-31-28(25-29)18-22-35-33(31)24-23-32-30-12-5-4-9-26(30)17-21-34(32)35/h3-27H,1-2H3;1-25H. The van der Waals surface area contributed by atoms with Crippen LogP contribution in [0.4, 0.5) is 0 Å². The summed E-state index contributed by atoms with van der Waals surface area (Å²) in [5.41, 5.74) is 10.9. The predicted molar refractivity (Wildman–Crippen MR) is 403 cm³/mol. The van der Waals surface area contributed by atoms with E-state index in [1.165, 1.54) is 118 Å². The van der Waals surface area contributed by atoms with E-state index in [2.05, 4.69) is 281 Å². The van der Waals surface area contributed by atoms with Gasteiger partial charge in [0.1, 0.15) is 0 Å². The van der Waals surface area contributed by atoms with Crippen LogP contribution in [0.1, 0.15) is 25.0 Å². The maximum atomic E-state index is 5.22. The largest absolute Gasteiger partial charge is 0.208 e. The number of hydrogen-bond acceptors (Lipinski definition) is 7. The van der Waals surface area contributed by atoms with Gasteiger partial charge in [0, 0.05) is 59.0 Å². The summed E-state index contributed by atoms with van der Waals surface area (Å²) in [6.07, 6.45) is 0. The maximum absolute atomic E-state index is 5.22. The first-order valence-corrected chi connectivity index (χ1v) is 33.5. The molecule has 0 atom stereocenters. The lowest BCUT2D eigenvalue weighted by Gasteiger charge is -2.24. The van der Waals surface area contributed by atoms with E-state index in [-0.39, 0.29) is 5.41 Å². The lowest BCUT2D eigenvalue weighted by Crippen LogP contribution is -2.17. The fraction of sp³-hybridized carbons (Fsp3) is 0.0337. The summed E-state index contributed by atoms with van der Waals surface area (Å²) in [6, 6.07) is 108. The highest BCUT2D eigenvalue weighted by atomic mass is 32.1. The van der Waals surface area contributed by atoms with E-state index < -0.39 is 0 Å². The zero-order chi connectivity index (χ0) is 63.6. The van der Waals surface area contributed by atoms with Crippen molar-refractivity contribution in [3.63, 3.8) is 0 Å². The van der Waals surface area contributed by atoms with Crippen molar-refractivity contribution in [1.29, 1.82) is 0 Å². The summed E-state index contributed by atoms with van der Waals surface area (Å²) in [5.74, 6) is 4.05. The molecular formula is C89H56N6S. The van der Waals surface area contributed by atoms with Crippen molar-refractivity contribution in [2.45, 2.75) is 19.3 Å². The number of hydrogen-bond donors (Lipinski definition) is 0. The highest BCUT2D eigenvalue weighted by Gasteiger charge is 2.38. The van der Waals surface area contributed by atoms with Gasteiger partial charge in [0.25, 0.3) is 0 Å². The van der Waals surface area contributed by atoms with Crippen LogP contribution in [0, 0.1) is 0 Å². The third-order valence-corrected chi connectivity index (χ3v) is 21.0. The molecule has 0 saturated heterocycles. The van der Waals surface area contributed by atoms with Gasteiger partial charge in [0.2, 0.25) is 0 Å². The third kappa shape index (κ3) is 9.00. The molecule has 0 fully saturated rings. The topological polar surface area (TPSA) is 77.3 Å². The summed E-state index contributed by atoms with van der Waals surface area (Å²) in [7, 11) is 0. The molecule has 3 heterocycles. The molecule has 1 aliphatic rings. The van der Waals surface area contributed by atoms with E-state index in [4.69, 9.17) is 29.9 Å². The van der Waals surface area contributed by atoms with Crippen LogP contribution >= 0.6 is 11.3 Å². The Balaban J connectivity index is 0.000000135. The molecule has 0 radical (unpaired) electrons. The average molecular weight is 1240 g/mol. The molecule has 0 N–H and O–H groups in total. The highest BCUT2D eigenvalue weighted by molar-refractivity contribution is 7.26. The van der Waals surface area contributed by atoms with Crippen LogP contribution in [-0.2, 0) is 5.41 Å². The highest BCUT2D eigenvalue weighted by Crippen LogP contribution is 2.52. The normalized spacial score (nSPS) is 12.6. The molecule has 0 amide bonds. The van der Waals surface area contributed by atoms with Gasteiger partial charge in [-0.1, -0.05) is 293 Å². The minimum absolute atomic E-state index is 0.192. The molecule has 0 aliphatic heterocycles. The minimum Gasteiger partial charge on any atom is -0.208 e. The first kappa shape index (κ1) is 55.5. The number of thiophene rings is 1. The quantitative estimate of drug-likeness (QED) is 0.154. The summed E-state index contributed by atoms with van der Waals surface area (Å²) >= 11 is 1.79. The summed E-state index contributed by atoms with van der Waals surface area (Å²) < 4.78 is 2.45. The van der Waals surface area contributed by atoms with E-state index in [9.17, 15) is 0 Å². The second-order valence-electron chi connectivity index (χ2n) is 25.6. The molecule has 6 nitrogen and oxygen atoms in total. The van der Waals surface area contributed by atoms with Crippen molar-refractivity contribution < 1.29 is 0 Å². The van der Waals surface area contributed by atoms with E-state index in [0.717, 1.165) is 44.2 Å². The minimum atomic E-state index is -0.192. The molecule has 448 valence electrons. The Morgan fingerprint density at radius 2 is 0.583 bits per heavy atom. The van der Waals surface area contributed by atoms with E-state index in [1.807, 2.05) is 36.4 Å². The summed E-state index contributed by atoms with van der Waals surface area (Å²) in [6.45, 7) is 4.61. The molecule has 7 heteroatoms. The smallest absolute Gasteiger partial charge is 0.165 e. The zero-order valence-electron chi connectivity index (χ0n) is 52.5. The predicted octanol–water partition coefficient (Wildman–Crippen LogP) is 23.6. The molecule has 0 unspecified atom stereocenters. The fourth-order valence-electron chi connectivity index (χ4n) is 15.2. The molecule has 3 aromatic heterocycles. The Bertz CT molecular complexity index is 6440. The van der Waals surface area contributed by atoms with Crippen molar-refractivity contribution in [2.75, 3.05) is 0 Å². The van der Waals surface area contributed by atoms with E-state index >= 15 is 0 Å². The van der Waals surface area contributed by atoms with Crippen molar-refractivity contribution in [3.05, 3.63) is 314 Å². The Hall–Kier alpha value is -12.2. The summed E-state index contributed by atoms with van der Waals surface area (Å²) in [5, 5.41) is 22.5. The van der Waals surface area contributed by atoms with Gasteiger partial charge in [-0.15, -0.1) is 11.3 Å². The van der Waals surface area contributed by atoms with Gasteiger partial charge in [-0.3, -0.25) is 0 Å². The third-order valence-electron chi connectivity index (χ3n) is 19.8. The second kappa shape index (κ2) is 22.0. The molecule has 96 heavy (non-hydrogen) atoms. The van der Waals surface area contributed by atoms with E-state index in [1.54, 1.807) is 11.3 Å². The molecule has 0 saturated carbocycles. The number of benzene rings is 16. The van der Waals surface area contributed by atoms with Crippen LogP contribution in [0.2, 0.25) is 0 Å². The van der Waals surface area contributed by atoms with Crippen LogP contribution in [0.25, 0.3) is 186 Å². The lowest BCUT2D eigenvalue weighted by molar-refractivity contribution is 0.661. The van der Waals surface area contributed by atoms with Crippen LogP contribution < -0.4 is 0 Å². The van der Waals surface area contributed by atoms with Gasteiger partial charge in [-0.2, -0.15) is 0 Å². The van der Waals surface area contributed by atoms with Gasteiger partial charge in [-0.05, 0) is 133 Å². The van der Waals surface area contributed by atoms with Gasteiger partial charge in [0.15, 0.2) is 34.9 Å². The molecule has 1 aliphatic carbocycles. The molecule has 0 bridgehead atoms. The number of aromatic nitrogens is 6. The van der Waals surface area contributed by atoms with Crippen LogP contribution in [0.3, 0.4) is 0 Å². The van der Waals surface area contributed by atoms with Gasteiger partial charge in [-0.25, -0.2) is 29.9 Å². The molecule has 19 aromatic rings. The summed E-state index contributed by atoms with van der Waals surface area (Å²) in [4.78, 5) is 30.7. The molecule has 20 rings (SSSR count). The maximum Gasteiger partial charge on any atom is 0.165 e. The number of nitrogens with zero attached hydrogens (tertiary/aromatic N) is 6. The number of rotatable bonds is 6. The Morgan fingerprint density at radius 3 is 1.14 bits per heavy atom. The van der Waals surface area contributed by atoms with Gasteiger partial charge >= 0.3 is 0 Å². The molecule has 16 aromatic carbocycles. The Morgan fingerprint density at radius 1 is 0.229 bits per heavy atom. The Labute approximate surface area is 557 Å². The first-order valence-electron chi connectivity index (χ1n) is 32.7. The van der Waals surface area contributed by atoms with Crippen LogP contribution in [-0.4, -0.2) is 29.9 Å². The monoisotopic (exact) mass is 1240 g/mol. The van der Waals surface area contributed by atoms with Crippen LogP contribution in [0.15, 0.2) is 303 Å². The second-order valence-corrected chi connectivity index (χ2v) is 26.7. The SMILES string of the molecule is CC1(C)c2ccccc2-c2cccc(-c3nc(-c4ccccc4)nc(-c4ccc5c(ccc6c5ccc5c7ccccc7ccc56)c4)n3)c21.c1ccc(-c2nc(-c3ccc4c(ccc5c4ccc4c6ccccc6ccc45)c3)nc(-c3cccc4c3sc3ccccc34)n2)cc1. The molecule has 0 spiro atoms. The average Bonchev–Trinajstić information content (AvgIpc) is 1.56. The van der Waals surface area contributed by atoms with E-state index in [0.29, 0.717) is 34.9 Å². The Kier molecular flexibility index (Phi) is 12.7. The van der Waals surface area contributed by atoms with Gasteiger partial charge in [0.05, 0.1) is 0 Å². The molecular weight excluding hydrogens is 1190 g/mol. The van der Waals surface area contributed by atoms with Crippen molar-refractivity contribution in [2.24, 2.45) is 0 Å². The lowest BCUT2D eigenvalue weighted by atomic mass is 9.80. The number of fused-ring (bicyclic) bond motifs is 20. The van der Waals surface area contributed by atoms with Crippen LogP contribution in [0.5, 0.6) is 0 Å². The van der Waals surface area contributed by atoms with Crippen molar-refractivity contribution in [1.82, 2.24) is 29.9 Å². The van der Waals surface area contributed by atoms with Crippen molar-refractivity contribution >= 4 is 118 Å². The van der Waals surface area contributed by atoms with Crippen molar-refractivity contribution in [3.8, 4) is 79.5 Å². The first-order chi connectivity index (χ1) is 47.3. The van der Waals surface area contributed by atoms with Gasteiger partial charge < -0.3 is 0 Å². The fourth-order valence-corrected chi connectivity index (χ4v) is 16.4.